The van der Waals surface area contributed by atoms with Gasteiger partial charge in [-0.15, -0.1) is 0 Å². The van der Waals surface area contributed by atoms with Crippen LogP contribution in [-0.2, 0) is 4.79 Å². The van der Waals surface area contributed by atoms with E-state index in [1.165, 1.54) is 31.3 Å². The molecule has 0 aromatic heterocycles. The molecule has 1 saturated carbocycles. The molecule has 22 heavy (non-hydrogen) atoms. The summed E-state index contributed by atoms with van der Waals surface area (Å²) in [6, 6.07) is 0. The molecule has 2 heteroatoms. The van der Waals surface area contributed by atoms with E-state index >= 15 is 0 Å². The van der Waals surface area contributed by atoms with Crippen molar-refractivity contribution >= 4 is 5.97 Å². The molecule has 0 bridgehead atoms. The molecule has 1 unspecified atom stereocenters. The number of unbranched alkanes of at least 4 members (excludes halogenated alkanes) is 3. The van der Waals surface area contributed by atoms with E-state index in [4.69, 9.17) is 5.11 Å². The molecule has 0 saturated heterocycles. The predicted molar refractivity (Wildman–Crippen MR) is 93.9 cm³/mol. The first-order valence-electron chi connectivity index (χ1n) is 8.59. The number of carboxylic acid groups (broad SMARTS) is 1. The summed E-state index contributed by atoms with van der Waals surface area (Å²) in [4.78, 5) is 10.5. The third-order valence-electron chi connectivity index (χ3n) is 3.80. The number of rotatable bonds is 12. The Morgan fingerprint density at radius 1 is 1.05 bits per heavy atom. The minimum Gasteiger partial charge on any atom is -0.481 e. The fourth-order valence-corrected chi connectivity index (χ4v) is 2.38. The maximum Gasteiger partial charge on any atom is 0.303 e. The molecule has 1 aliphatic carbocycles. The van der Waals surface area contributed by atoms with E-state index < -0.39 is 5.97 Å². The standard InChI is InChI=1S/C20H30O2/c1-2-3-4-5-6-7-8-9-10-11-12-13-14-15-18-16-19(18)17-20(21)22/h6-7,9-10,12-13,15,19H,2-5,8,11,14,16-17H2,1H3,(H,21,22)/b7-6-,10-9-,13-12-,18-15-. The van der Waals surface area contributed by atoms with E-state index in [1.54, 1.807) is 0 Å². The Hall–Kier alpha value is -1.57. The first-order valence-corrected chi connectivity index (χ1v) is 8.59. The maximum absolute atomic E-state index is 10.5. The van der Waals surface area contributed by atoms with E-state index in [-0.39, 0.29) is 0 Å². The van der Waals surface area contributed by atoms with Crippen molar-refractivity contribution < 1.29 is 9.90 Å². The lowest BCUT2D eigenvalue weighted by Gasteiger charge is -1.90. The Bertz CT molecular complexity index is 427. The average molecular weight is 302 g/mol. The topological polar surface area (TPSA) is 37.3 Å². The van der Waals surface area contributed by atoms with Crippen LogP contribution in [0.1, 0.15) is 64.7 Å². The van der Waals surface area contributed by atoms with Crippen molar-refractivity contribution in [2.24, 2.45) is 5.92 Å². The van der Waals surface area contributed by atoms with Gasteiger partial charge in [0.1, 0.15) is 0 Å². The Balaban J connectivity index is 1.97. The number of allylic oxidation sites excluding steroid dienone is 8. The van der Waals surface area contributed by atoms with Crippen LogP contribution in [0.15, 0.2) is 48.1 Å². The molecule has 0 radical (unpaired) electrons. The van der Waals surface area contributed by atoms with Gasteiger partial charge in [0.25, 0.3) is 0 Å². The second-order valence-corrected chi connectivity index (χ2v) is 5.90. The monoisotopic (exact) mass is 302 g/mol. The summed E-state index contributed by atoms with van der Waals surface area (Å²) >= 11 is 0. The average Bonchev–Trinajstić information content (AvgIpc) is 3.21. The van der Waals surface area contributed by atoms with E-state index in [1.807, 2.05) is 0 Å². The zero-order valence-corrected chi connectivity index (χ0v) is 13.8. The van der Waals surface area contributed by atoms with Crippen LogP contribution in [0.3, 0.4) is 0 Å². The van der Waals surface area contributed by atoms with Gasteiger partial charge in [0.15, 0.2) is 0 Å². The van der Waals surface area contributed by atoms with Crippen LogP contribution in [0.25, 0.3) is 0 Å². The normalized spacial score (nSPS) is 19.9. The van der Waals surface area contributed by atoms with Gasteiger partial charge in [0.2, 0.25) is 0 Å². The molecule has 0 aromatic carbocycles. The Morgan fingerprint density at radius 2 is 1.68 bits per heavy atom. The van der Waals surface area contributed by atoms with Crippen molar-refractivity contribution in [3.05, 3.63) is 48.1 Å². The summed E-state index contributed by atoms with van der Waals surface area (Å²) in [6.07, 6.45) is 24.8. The van der Waals surface area contributed by atoms with Crippen molar-refractivity contribution in [2.45, 2.75) is 64.7 Å². The summed E-state index contributed by atoms with van der Waals surface area (Å²) < 4.78 is 0. The van der Waals surface area contributed by atoms with Crippen molar-refractivity contribution in [3.8, 4) is 0 Å². The largest absolute Gasteiger partial charge is 0.481 e. The Morgan fingerprint density at radius 3 is 2.32 bits per heavy atom. The van der Waals surface area contributed by atoms with Crippen LogP contribution >= 0.6 is 0 Å². The molecule has 0 aromatic rings. The zero-order valence-electron chi connectivity index (χ0n) is 13.8. The number of aliphatic carboxylic acids is 1. The molecular formula is C20H30O2. The molecule has 1 N–H and O–H groups in total. The van der Waals surface area contributed by atoms with Crippen LogP contribution < -0.4 is 0 Å². The molecule has 1 atom stereocenters. The van der Waals surface area contributed by atoms with Gasteiger partial charge >= 0.3 is 5.97 Å². The quantitative estimate of drug-likeness (QED) is 0.364. The minimum absolute atomic E-state index is 0.296. The number of hydrogen-bond acceptors (Lipinski definition) is 1. The summed E-state index contributed by atoms with van der Waals surface area (Å²) in [5.74, 6) is -0.372. The third-order valence-corrected chi connectivity index (χ3v) is 3.80. The van der Waals surface area contributed by atoms with Crippen molar-refractivity contribution in [1.82, 2.24) is 0 Å². The van der Waals surface area contributed by atoms with Gasteiger partial charge in [-0.05, 0) is 44.4 Å². The van der Waals surface area contributed by atoms with E-state index in [0.717, 1.165) is 25.7 Å². The second kappa shape index (κ2) is 12.0. The predicted octanol–water partition coefficient (Wildman–Crippen LogP) is 5.83. The lowest BCUT2D eigenvalue weighted by molar-refractivity contribution is -0.137. The highest BCUT2D eigenvalue weighted by Crippen LogP contribution is 2.40. The van der Waals surface area contributed by atoms with Crippen LogP contribution in [0.2, 0.25) is 0 Å². The fraction of sp³-hybridized carbons (Fsp3) is 0.550. The highest BCUT2D eigenvalue weighted by molar-refractivity contribution is 5.68. The number of hydrogen-bond donors (Lipinski definition) is 1. The lowest BCUT2D eigenvalue weighted by atomic mass is 10.2. The Labute approximate surface area is 135 Å². The van der Waals surface area contributed by atoms with Crippen LogP contribution in [-0.4, -0.2) is 11.1 Å². The van der Waals surface area contributed by atoms with Crippen LogP contribution in [0, 0.1) is 5.92 Å². The smallest absolute Gasteiger partial charge is 0.303 e. The fourth-order valence-electron chi connectivity index (χ4n) is 2.38. The molecule has 2 nitrogen and oxygen atoms in total. The molecule has 0 amide bonds. The van der Waals surface area contributed by atoms with Gasteiger partial charge in [-0.1, -0.05) is 67.9 Å². The van der Waals surface area contributed by atoms with Gasteiger partial charge < -0.3 is 5.11 Å². The minimum atomic E-state index is -0.687. The summed E-state index contributed by atoms with van der Waals surface area (Å²) in [5, 5.41) is 8.67. The highest BCUT2D eigenvalue weighted by atomic mass is 16.4. The molecule has 0 spiro atoms. The Kier molecular flexibility index (Phi) is 10.1. The van der Waals surface area contributed by atoms with Crippen LogP contribution in [0.4, 0.5) is 0 Å². The number of carboxylic acids is 1. The van der Waals surface area contributed by atoms with Crippen molar-refractivity contribution in [3.63, 3.8) is 0 Å². The second-order valence-electron chi connectivity index (χ2n) is 5.90. The highest BCUT2D eigenvalue weighted by Gasteiger charge is 2.30. The first-order chi connectivity index (χ1) is 10.7. The summed E-state index contributed by atoms with van der Waals surface area (Å²) in [5.41, 5.74) is 1.32. The van der Waals surface area contributed by atoms with Gasteiger partial charge in [0, 0.05) is 0 Å². The first kappa shape index (κ1) is 18.5. The zero-order chi connectivity index (χ0) is 16.0. The molecule has 1 fully saturated rings. The number of carbonyl (C=O) groups is 1. The van der Waals surface area contributed by atoms with Crippen LogP contribution in [0.5, 0.6) is 0 Å². The molecule has 122 valence electrons. The van der Waals surface area contributed by atoms with E-state index in [0.29, 0.717) is 12.3 Å². The lowest BCUT2D eigenvalue weighted by Crippen LogP contribution is -1.94. The molecule has 0 aliphatic heterocycles. The summed E-state index contributed by atoms with van der Waals surface area (Å²) in [7, 11) is 0. The van der Waals surface area contributed by atoms with Gasteiger partial charge in [0.05, 0.1) is 6.42 Å². The van der Waals surface area contributed by atoms with E-state index in [9.17, 15) is 4.79 Å². The molecular weight excluding hydrogens is 272 g/mol. The molecule has 0 heterocycles. The summed E-state index contributed by atoms with van der Waals surface area (Å²) in [6.45, 7) is 2.23. The maximum atomic E-state index is 10.5. The van der Waals surface area contributed by atoms with Gasteiger partial charge in [-0.3, -0.25) is 4.79 Å². The third kappa shape index (κ3) is 10.2. The molecule has 1 rings (SSSR count). The van der Waals surface area contributed by atoms with E-state index in [2.05, 4.69) is 49.5 Å². The molecule has 1 aliphatic rings. The van der Waals surface area contributed by atoms with Crippen molar-refractivity contribution in [1.29, 1.82) is 0 Å². The van der Waals surface area contributed by atoms with Gasteiger partial charge in [-0.25, -0.2) is 0 Å². The van der Waals surface area contributed by atoms with Gasteiger partial charge in [-0.2, -0.15) is 0 Å². The SMILES string of the molecule is CCCCC/C=C\C/C=C\C/C=C\C/C=C1/CC1CC(=O)O. The van der Waals surface area contributed by atoms with Crippen molar-refractivity contribution in [2.75, 3.05) is 0 Å².